The van der Waals surface area contributed by atoms with Crippen LogP contribution < -0.4 is 21.1 Å². The third-order valence-electron chi connectivity index (χ3n) is 6.18. The predicted octanol–water partition coefficient (Wildman–Crippen LogP) is 2.85. The van der Waals surface area contributed by atoms with E-state index in [-0.39, 0.29) is 29.8 Å². The molecule has 0 radical (unpaired) electrons. The van der Waals surface area contributed by atoms with Crippen LogP contribution in [-0.2, 0) is 16.1 Å². The molecule has 3 heterocycles. The maximum Gasteiger partial charge on any atom is 0.273 e. The summed E-state index contributed by atoms with van der Waals surface area (Å²) in [5.41, 5.74) is 2.88. The SMILES string of the molecule is CCCNC(=O)C1CCCN(c2nc3ncn(CC(=O)Nc4cccc(C)c4C)c(=O)c3s2)C1. The zero-order valence-corrected chi connectivity index (χ0v) is 20.6. The standard InChI is InChI=1S/C24H30N6O3S/c1-4-10-25-22(32)17-8-6-11-29(12-17)24-28-21-20(34-24)23(33)30(14-26-21)13-19(31)27-18-9-5-7-15(2)16(18)3/h5,7,9,14,17H,4,6,8,10-13H2,1-3H3,(H,25,32)(H,27,31). The second-order valence-corrected chi connectivity index (χ2v) is 9.68. The summed E-state index contributed by atoms with van der Waals surface area (Å²) in [6, 6.07) is 5.71. The second kappa shape index (κ2) is 10.3. The lowest BCUT2D eigenvalue weighted by Crippen LogP contribution is -2.43. The Morgan fingerprint density at radius 1 is 1.26 bits per heavy atom. The molecule has 9 nitrogen and oxygen atoms in total. The van der Waals surface area contributed by atoms with Gasteiger partial charge >= 0.3 is 0 Å². The Kier molecular flexibility index (Phi) is 7.26. The number of benzene rings is 1. The van der Waals surface area contributed by atoms with Gasteiger partial charge in [-0.05, 0) is 50.3 Å². The average molecular weight is 483 g/mol. The van der Waals surface area contributed by atoms with Gasteiger partial charge in [-0.1, -0.05) is 30.4 Å². The molecule has 0 spiro atoms. The fourth-order valence-electron chi connectivity index (χ4n) is 4.07. The molecule has 4 rings (SSSR count). The molecule has 1 fully saturated rings. The van der Waals surface area contributed by atoms with Gasteiger partial charge < -0.3 is 15.5 Å². The average Bonchev–Trinajstić information content (AvgIpc) is 3.28. The number of hydrogen-bond donors (Lipinski definition) is 2. The van der Waals surface area contributed by atoms with Gasteiger partial charge in [0.2, 0.25) is 11.8 Å². The zero-order valence-electron chi connectivity index (χ0n) is 19.8. The molecule has 2 aromatic heterocycles. The maximum absolute atomic E-state index is 13.1. The number of nitrogens with zero attached hydrogens (tertiary/aromatic N) is 4. The van der Waals surface area contributed by atoms with Gasteiger partial charge in [0, 0.05) is 25.3 Å². The van der Waals surface area contributed by atoms with Crippen molar-refractivity contribution < 1.29 is 9.59 Å². The van der Waals surface area contributed by atoms with Crippen LogP contribution in [0.25, 0.3) is 10.3 Å². The number of thiazole rings is 1. The van der Waals surface area contributed by atoms with E-state index >= 15 is 0 Å². The molecule has 180 valence electrons. The molecular formula is C24H30N6O3S. The minimum Gasteiger partial charge on any atom is -0.356 e. The van der Waals surface area contributed by atoms with Crippen LogP contribution in [0.1, 0.15) is 37.3 Å². The summed E-state index contributed by atoms with van der Waals surface area (Å²) in [4.78, 5) is 49.0. The van der Waals surface area contributed by atoms with Gasteiger partial charge in [0.1, 0.15) is 17.6 Å². The lowest BCUT2D eigenvalue weighted by Gasteiger charge is -2.31. The molecule has 1 aromatic carbocycles. The fourth-order valence-corrected chi connectivity index (χ4v) is 5.08. The zero-order chi connectivity index (χ0) is 24.2. The number of rotatable bonds is 7. The summed E-state index contributed by atoms with van der Waals surface area (Å²) in [7, 11) is 0. The van der Waals surface area contributed by atoms with Gasteiger partial charge in [0.05, 0.1) is 5.92 Å². The Bertz CT molecular complexity index is 1270. The highest BCUT2D eigenvalue weighted by Crippen LogP contribution is 2.29. The third-order valence-corrected chi connectivity index (χ3v) is 7.27. The normalized spacial score (nSPS) is 16.0. The number of carbonyl (C=O) groups excluding carboxylic acids is 2. The van der Waals surface area contributed by atoms with Crippen LogP contribution in [0, 0.1) is 19.8 Å². The van der Waals surface area contributed by atoms with Gasteiger partial charge in [0.25, 0.3) is 5.56 Å². The maximum atomic E-state index is 13.1. The number of fused-ring (bicyclic) bond motifs is 1. The van der Waals surface area contributed by atoms with Gasteiger partial charge in [-0.25, -0.2) is 4.98 Å². The third kappa shape index (κ3) is 5.11. The Hall–Kier alpha value is -3.27. The van der Waals surface area contributed by atoms with E-state index < -0.39 is 0 Å². The van der Waals surface area contributed by atoms with Gasteiger partial charge in [0.15, 0.2) is 10.8 Å². The van der Waals surface area contributed by atoms with Crippen molar-refractivity contribution in [1.82, 2.24) is 19.9 Å². The molecule has 3 aromatic rings. The first-order valence-electron chi connectivity index (χ1n) is 11.6. The van der Waals surface area contributed by atoms with E-state index in [1.807, 2.05) is 39.0 Å². The molecule has 2 N–H and O–H groups in total. The van der Waals surface area contributed by atoms with E-state index in [4.69, 9.17) is 0 Å². The summed E-state index contributed by atoms with van der Waals surface area (Å²) in [5, 5.41) is 6.54. The van der Waals surface area contributed by atoms with Crippen molar-refractivity contribution in [3.05, 3.63) is 46.0 Å². The van der Waals surface area contributed by atoms with Gasteiger partial charge in [-0.15, -0.1) is 0 Å². The van der Waals surface area contributed by atoms with Crippen molar-refractivity contribution in [2.45, 2.75) is 46.6 Å². The molecule has 34 heavy (non-hydrogen) atoms. The van der Waals surface area contributed by atoms with Crippen LogP contribution in [0.4, 0.5) is 10.8 Å². The number of anilines is 2. The Morgan fingerprint density at radius 3 is 2.88 bits per heavy atom. The smallest absolute Gasteiger partial charge is 0.273 e. The number of piperidine rings is 1. The van der Waals surface area contributed by atoms with E-state index in [0.29, 0.717) is 28.6 Å². The highest BCUT2D eigenvalue weighted by Gasteiger charge is 2.27. The first kappa shape index (κ1) is 23.9. The molecule has 0 aliphatic carbocycles. The molecule has 1 saturated heterocycles. The minimum absolute atomic E-state index is 0.0722. The number of carbonyl (C=O) groups is 2. The monoisotopic (exact) mass is 482 g/mol. The van der Waals surface area contributed by atoms with Gasteiger partial charge in [-0.3, -0.25) is 19.0 Å². The topological polar surface area (TPSA) is 109 Å². The molecule has 1 aliphatic rings. The Balaban J connectivity index is 1.49. The summed E-state index contributed by atoms with van der Waals surface area (Å²) in [5.74, 6) is -0.313. The predicted molar refractivity (Wildman–Crippen MR) is 134 cm³/mol. The molecule has 1 aliphatic heterocycles. The van der Waals surface area contributed by atoms with Crippen molar-refractivity contribution >= 4 is 44.3 Å². The number of amides is 2. The summed E-state index contributed by atoms with van der Waals surface area (Å²) in [6.07, 6.45) is 4.00. The first-order chi connectivity index (χ1) is 16.4. The van der Waals surface area contributed by atoms with Crippen LogP contribution >= 0.6 is 11.3 Å². The molecule has 0 bridgehead atoms. The molecule has 10 heteroatoms. The lowest BCUT2D eigenvalue weighted by molar-refractivity contribution is -0.125. The quantitative estimate of drug-likeness (QED) is 0.536. The lowest BCUT2D eigenvalue weighted by atomic mass is 9.97. The number of aryl methyl sites for hydroxylation is 1. The van der Waals surface area contributed by atoms with E-state index in [1.54, 1.807) is 0 Å². The number of hydrogen-bond acceptors (Lipinski definition) is 7. The number of aromatic nitrogens is 3. The first-order valence-corrected chi connectivity index (χ1v) is 12.4. The summed E-state index contributed by atoms with van der Waals surface area (Å²) >= 11 is 1.27. The highest BCUT2D eigenvalue weighted by molar-refractivity contribution is 7.22. The molecule has 0 saturated carbocycles. The summed E-state index contributed by atoms with van der Waals surface area (Å²) in [6.45, 7) is 7.86. The summed E-state index contributed by atoms with van der Waals surface area (Å²) < 4.78 is 1.72. The second-order valence-electron chi connectivity index (χ2n) is 8.70. The van der Waals surface area contributed by atoms with Crippen molar-refractivity contribution in [2.24, 2.45) is 5.92 Å². The molecule has 2 amide bonds. The van der Waals surface area contributed by atoms with E-state index in [9.17, 15) is 14.4 Å². The van der Waals surface area contributed by atoms with Crippen LogP contribution in [-0.4, -0.2) is 46.0 Å². The molecular weight excluding hydrogens is 452 g/mol. The van der Waals surface area contributed by atoms with E-state index in [0.717, 1.165) is 42.6 Å². The van der Waals surface area contributed by atoms with Crippen LogP contribution in [0.15, 0.2) is 29.3 Å². The van der Waals surface area contributed by atoms with E-state index in [1.165, 1.54) is 22.2 Å². The van der Waals surface area contributed by atoms with E-state index in [2.05, 4.69) is 25.5 Å². The van der Waals surface area contributed by atoms with Crippen molar-refractivity contribution in [2.75, 3.05) is 29.9 Å². The van der Waals surface area contributed by atoms with Crippen LogP contribution in [0.2, 0.25) is 0 Å². The van der Waals surface area contributed by atoms with Crippen LogP contribution in [0.3, 0.4) is 0 Å². The fraction of sp³-hybridized carbons (Fsp3) is 0.458. The van der Waals surface area contributed by atoms with Crippen LogP contribution in [0.5, 0.6) is 0 Å². The van der Waals surface area contributed by atoms with Crippen molar-refractivity contribution in [1.29, 1.82) is 0 Å². The minimum atomic E-state index is -0.293. The largest absolute Gasteiger partial charge is 0.356 e. The van der Waals surface area contributed by atoms with Gasteiger partial charge in [-0.2, -0.15) is 4.98 Å². The number of nitrogens with one attached hydrogen (secondary N) is 2. The van der Waals surface area contributed by atoms with Crippen molar-refractivity contribution in [3.8, 4) is 0 Å². The van der Waals surface area contributed by atoms with Crippen molar-refractivity contribution in [3.63, 3.8) is 0 Å². The molecule has 1 unspecified atom stereocenters. The highest BCUT2D eigenvalue weighted by atomic mass is 32.1. The molecule has 1 atom stereocenters. The Labute approximate surface area is 202 Å². The Morgan fingerprint density at radius 2 is 2.09 bits per heavy atom.